The van der Waals surface area contributed by atoms with Crippen LogP contribution in [0, 0.1) is 0 Å². The molecule has 0 atom stereocenters. The third kappa shape index (κ3) is 5.25. The number of anilines is 1. The van der Waals surface area contributed by atoms with Gasteiger partial charge in [0.05, 0.1) is 0 Å². The van der Waals surface area contributed by atoms with Gasteiger partial charge < -0.3 is 11.5 Å². The summed E-state index contributed by atoms with van der Waals surface area (Å²) in [6.45, 7) is 11.6. The molecular formula is C12H22N2. The van der Waals surface area contributed by atoms with Gasteiger partial charge in [0.1, 0.15) is 0 Å². The van der Waals surface area contributed by atoms with Crippen molar-refractivity contribution in [2.24, 2.45) is 5.73 Å². The lowest BCUT2D eigenvalue weighted by Gasteiger charge is -2.01. The van der Waals surface area contributed by atoms with Crippen LogP contribution >= 0.6 is 0 Å². The zero-order valence-electron chi connectivity index (χ0n) is 9.67. The summed E-state index contributed by atoms with van der Waals surface area (Å²) in [6, 6.07) is 7.39. The van der Waals surface area contributed by atoms with Gasteiger partial charge in [0.25, 0.3) is 0 Å². The second-order valence-corrected chi connectivity index (χ2v) is 2.11. The van der Waals surface area contributed by atoms with Crippen molar-refractivity contribution in [3.05, 3.63) is 36.4 Å². The average Bonchev–Trinajstić information content (AvgIpc) is 2.24. The summed E-state index contributed by atoms with van der Waals surface area (Å²) in [5.74, 6) is 0. The van der Waals surface area contributed by atoms with Gasteiger partial charge in [-0.2, -0.15) is 0 Å². The Balaban J connectivity index is 0. The van der Waals surface area contributed by atoms with E-state index >= 15 is 0 Å². The Morgan fingerprint density at radius 2 is 1.50 bits per heavy atom. The smallest absolute Gasteiger partial charge is 0.0408 e. The maximum atomic E-state index is 5.58. The fraction of sp³-hybridized carbons (Fsp3) is 0.333. The lowest BCUT2D eigenvalue weighted by atomic mass is 10.1. The van der Waals surface area contributed by atoms with Crippen LogP contribution in [0.3, 0.4) is 0 Å². The second kappa shape index (κ2) is 9.65. The third-order valence-electron chi connectivity index (χ3n) is 1.31. The number of hydrogen-bond acceptors (Lipinski definition) is 2. The lowest BCUT2D eigenvalue weighted by Crippen LogP contribution is -1.98. The fourth-order valence-electron chi connectivity index (χ4n) is 0.789. The van der Waals surface area contributed by atoms with Crippen LogP contribution in [0.15, 0.2) is 30.8 Å². The molecule has 0 saturated heterocycles. The van der Waals surface area contributed by atoms with Gasteiger partial charge >= 0.3 is 0 Å². The molecule has 0 radical (unpaired) electrons. The minimum Gasteiger partial charge on any atom is -0.399 e. The van der Waals surface area contributed by atoms with E-state index < -0.39 is 0 Å². The summed E-state index contributed by atoms with van der Waals surface area (Å²) in [4.78, 5) is 0. The van der Waals surface area contributed by atoms with Crippen LogP contribution in [-0.4, -0.2) is 0 Å². The monoisotopic (exact) mass is 194 g/mol. The number of benzene rings is 1. The Morgan fingerprint density at radius 1 is 1.07 bits per heavy atom. The molecule has 80 valence electrons. The van der Waals surface area contributed by atoms with E-state index in [1.165, 1.54) is 0 Å². The molecule has 1 aromatic rings. The summed E-state index contributed by atoms with van der Waals surface area (Å²) in [5.41, 5.74) is 13.0. The van der Waals surface area contributed by atoms with E-state index in [0.29, 0.717) is 11.4 Å². The maximum Gasteiger partial charge on any atom is 0.0408 e. The molecular weight excluding hydrogens is 172 g/mol. The molecule has 0 fully saturated rings. The van der Waals surface area contributed by atoms with Gasteiger partial charge in [-0.05, 0) is 6.07 Å². The zero-order valence-corrected chi connectivity index (χ0v) is 9.67. The maximum absolute atomic E-state index is 5.58. The molecule has 0 aromatic heterocycles. The Bertz CT molecular complexity index is 254. The van der Waals surface area contributed by atoms with Crippen molar-refractivity contribution in [3.8, 4) is 0 Å². The van der Waals surface area contributed by atoms with E-state index in [1.54, 1.807) is 6.07 Å². The molecule has 0 bridgehead atoms. The molecule has 0 aliphatic carbocycles. The summed E-state index contributed by atoms with van der Waals surface area (Å²) in [5, 5.41) is 0. The normalized spacial score (nSPS) is 7.43. The van der Waals surface area contributed by atoms with Gasteiger partial charge in [-0.1, -0.05) is 52.5 Å². The number of nitrogen functional groups attached to an aromatic ring is 1. The van der Waals surface area contributed by atoms with Gasteiger partial charge in [0, 0.05) is 16.9 Å². The molecule has 1 aromatic carbocycles. The minimum absolute atomic E-state index is 0.512. The molecule has 14 heavy (non-hydrogen) atoms. The van der Waals surface area contributed by atoms with E-state index in [1.807, 2.05) is 45.9 Å². The highest BCUT2D eigenvalue weighted by Gasteiger charge is 1.95. The average molecular weight is 194 g/mol. The van der Waals surface area contributed by atoms with Crippen LogP contribution in [-0.2, 0) is 0 Å². The van der Waals surface area contributed by atoms with Gasteiger partial charge in [0.15, 0.2) is 0 Å². The van der Waals surface area contributed by atoms with Crippen LogP contribution in [0.1, 0.15) is 33.3 Å². The molecule has 0 saturated carbocycles. The summed E-state index contributed by atoms with van der Waals surface area (Å²) in [6.07, 6.45) is 0. The number of nitrogens with two attached hydrogens (primary N) is 2. The first-order valence-corrected chi connectivity index (χ1v) is 5.01. The van der Waals surface area contributed by atoms with E-state index in [4.69, 9.17) is 11.5 Å². The Morgan fingerprint density at radius 3 is 1.79 bits per heavy atom. The largest absolute Gasteiger partial charge is 0.399 e. The standard InChI is InChI=1S/C8H10N2.2C2H6/c1-6(9)7-4-2-3-5-8(7)10;2*1-2/h2-5H,1,9-10H2;2*1-2H3. The Kier molecular flexibility index (Phi) is 10.4. The highest BCUT2D eigenvalue weighted by Crippen LogP contribution is 2.14. The molecule has 0 unspecified atom stereocenters. The molecule has 1 rings (SSSR count). The molecule has 0 aliphatic rings. The van der Waals surface area contributed by atoms with Gasteiger partial charge in [0.2, 0.25) is 0 Å². The molecule has 0 aliphatic heterocycles. The van der Waals surface area contributed by atoms with Crippen molar-refractivity contribution in [1.82, 2.24) is 0 Å². The first-order chi connectivity index (χ1) is 6.72. The SMILES string of the molecule is C=C(N)c1ccccc1N.CC.CC. The molecule has 0 amide bonds. The quantitative estimate of drug-likeness (QED) is 0.674. The highest BCUT2D eigenvalue weighted by atomic mass is 14.6. The third-order valence-corrected chi connectivity index (χ3v) is 1.31. The second-order valence-electron chi connectivity index (χ2n) is 2.11. The zero-order chi connectivity index (χ0) is 11.6. The summed E-state index contributed by atoms with van der Waals surface area (Å²) < 4.78 is 0. The minimum atomic E-state index is 0.512. The van der Waals surface area contributed by atoms with Crippen LogP contribution in [0.4, 0.5) is 5.69 Å². The molecule has 0 spiro atoms. The van der Waals surface area contributed by atoms with Crippen molar-refractivity contribution in [1.29, 1.82) is 0 Å². The van der Waals surface area contributed by atoms with Gasteiger partial charge in [-0.15, -0.1) is 0 Å². The number of hydrogen-bond donors (Lipinski definition) is 2. The van der Waals surface area contributed by atoms with Crippen molar-refractivity contribution in [3.63, 3.8) is 0 Å². The molecule has 0 heterocycles. The number of para-hydroxylation sites is 1. The fourth-order valence-corrected chi connectivity index (χ4v) is 0.789. The predicted octanol–water partition coefficient (Wildman–Crippen LogP) is 3.25. The topological polar surface area (TPSA) is 52.0 Å². The van der Waals surface area contributed by atoms with Gasteiger partial charge in [-0.3, -0.25) is 0 Å². The summed E-state index contributed by atoms with van der Waals surface area (Å²) in [7, 11) is 0. The van der Waals surface area contributed by atoms with Crippen molar-refractivity contribution in [2.75, 3.05) is 5.73 Å². The van der Waals surface area contributed by atoms with Crippen molar-refractivity contribution < 1.29 is 0 Å². The van der Waals surface area contributed by atoms with E-state index in [0.717, 1.165) is 5.56 Å². The van der Waals surface area contributed by atoms with Crippen molar-refractivity contribution >= 4 is 11.4 Å². The van der Waals surface area contributed by atoms with E-state index in [9.17, 15) is 0 Å². The first-order valence-electron chi connectivity index (χ1n) is 5.01. The number of rotatable bonds is 1. The summed E-state index contributed by atoms with van der Waals surface area (Å²) >= 11 is 0. The highest BCUT2D eigenvalue weighted by molar-refractivity contribution is 5.71. The van der Waals surface area contributed by atoms with Crippen LogP contribution in [0.2, 0.25) is 0 Å². The lowest BCUT2D eigenvalue weighted by molar-refractivity contribution is 1.50. The molecule has 2 heteroatoms. The molecule has 4 N–H and O–H groups in total. The van der Waals surface area contributed by atoms with E-state index in [2.05, 4.69) is 6.58 Å². The van der Waals surface area contributed by atoms with Crippen molar-refractivity contribution in [2.45, 2.75) is 27.7 Å². The molecule has 2 nitrogen and oxygen atoms in total. The van der Waals surface area contributed by atoms with Crippen LogP contribution in [0.5, 0.6) is 0 Å². The predicted molar refractivity (Wildman–Crippen MR) is 66.8 cm³/mol. The Labute approximate surface area is 87.6 Å². The van der Waals surface area contributed by atoms with Crippen LogP contribution < -0.4 is 11.5 Å². The van der Waals surface area contributed by atoms with E-state index in [-0.39, 0.29) is 0 Å². The van der Waals surface area contributed by atoms with Crippen LogP contribution in [0.25, 0.3) is 5.70 Å². The first kappa shape index (κ1) is 15.1. The van der Waals surface area contributed by atoms with Gasteiger partial charge in [-0.25, -0.2) is 0 Å². The Hall–Kier alpha value is -1.44.